The molecule has 3 aromatic carbocycles. The fourth-order valence-electron chi connectivity index (χ4n) is 3.06. The molecule has 1 N–H and O–H groups in total. The van der Waals surface area contributed by atoms with Crippen LogP contribution in [0.5, 0.6) is 11.5 Å². The topological polar surface area (TPSA) is 71.3 Å². The zero-order valence-corrected chi connectivity index (χ0v) is 22.2. The van der Waals surface area contributed by atoms with Gasteiger partial charge in [0.15, 0.2) is 11.5 Å². The number of anilines is 1. The summed E-state index contributed by atoms with van der Waals surface area (Å²) >= 11 is 14.2. The molecule has 0 spiro atoms. The van der Waals surface area contributed by atoms with Crippen molar-refractivity contribution >= 4 is 63.5 Å². The predicted molar refractivity (Wildman–Crippen MR) is 145 cm³/mol. The molecule has 0 unspecified atom stereocenters. The van der Waals surface area contributed by atoms with E-state index in [1.54, 1.807) is 31.2 Å². The quantitative estimate of drug-likeness (QED) is 0.164. The van der Waals surface area contributed by atoms with E-state index in [-0.39, 0.29) is 5.57 Å². The van der Waals surface area contributed by atoms with E-state index in [0.29, 0.717) is 46.0 Å². The van der Waals surface area contributed by atoms with E-state index in [1.165, 1.54) is 6.08 Å². The van der Waals surface area contributed by atoms with Crippen molar-refractivity contribution < 1.29 is 14.3 Å². The van der Waals surface area contributed by atoms with Gasteiger partial charge in [0, 0.05) is 15.7 Å². The second-order valence-corrected chi connectivity index (χ2v) is 9.22. The molecule has 0 aromatic heterocycles. The van der Waals surface area contributed by atoms with Crippen LogP contribution in [-0.2, 0) is 11.4 Å². The third-order valence-electron chi connectivity index (χ3n) is 4.82. The molecule has 0 aliphatic rings. The number of halogens is 3. The number of hydrogen-bond acceptors (Lipinski definition) is 4. The molecule has 0 aliphatic heterocycles. The van der Waals surface area contributed by atoms with Gasteiger partial charge >= 0.3 is 0 Å². The van der Waals surface area contributed by atoms with Crippen LogP contribution in [0.4, 0.5) is 5.69 Å². The van der Waals surface area contributed by atoms with Crippen LogP contribution in [0.25, 0.3) is 6.08 Å². The second kappa shape index (κ2) is 12.1. The summed E-state index contributed by atoms with van der Waals surface area (Å²) in [5.74, 6) is 0.592. The van der Waals surface area contributed by atoms with Gasteiger partial charge in [-0.15, -0.1) is 0 Å². The van der Waals surface area contributed by atoms with Crippen molar-refractivity contribution in [3.63, 3.8) is 0 Å². The van der Waals surface area contributed by atoms with Gasteiger partial charge in [0.1, 0.15) is 18.2 Å². The highest BCUT2D eigenvalue weighted by Crippen LogP contribution is 2.35. The zero-order valence-electron chi connectivity index (χ0n) is 18.5. The van der Waals surface area contributed by atoms with E-state index < -0.39 is 5.91 Å². The van der Waals surface area contributed by atoms with E-state index in [0.717, 1.165) is 14.7 Å². The number of nitriles is 1. The maximum absolute atomic E-state index is 12.7. The molecule has 0 saturated carbocycles. The molecular weight excluding hydrogens is 586 g/mol. The monoisotopic (exact) mass is 606 g/mol. The van der Waals surface area contributed by atoms with Crippen molar-refractivity contribution in [3.8, 4) is 17.6 Å². The minimum atomic E-state index is -0.524. The number of amides is 1. The number of carbonyl (C=O) groups is 1. The average molecular weight is 607 g/mol. The van der Waals surface area contributed by atoms with E-state index in [1.807, 2.05) is 43.3 Å². The van der Waals surface area contributed by atoms with E-state index >= 15 is 0 Å². The number of nitrogens with zero attached hydrogens (tertiary/aromatic N) is 1. The van der Waals surface area contributed by atoms with Crippen LogP contribution in [0, 0.1) is 21.8 Å². The van der Waals surface area contributed by atoms with Crippen molar-refractivity contribution in [2.75, 3.05) is 11.9 Å². The summed E-state index contributed by atoms with van der Waals surface area (Å²) in [7, 11) is 0. The Morgan fingerprint density at radius 3 is 2.56 bits per heavy atom. The van der Waals surface area contributed by atoms with E-state index in [4.69, 9.17) is 32.7 Å². The lowest BCUT2D eigenvalue weighted by Crippen LogP contribution is -2.14. The summed E-state index contributed by atoms with van der Waals surface area (Å²) in [4.78, 5) is 12.7. The summed E-state index contributed by atoms with van der Waals surface area (Å²) in [6.07, 6.45) is 1.52. The summed E-state index contributed by atoms with van der Waals surface area (Å²) in [5.41, 5.74) is 2.83. The molecule has 0 radical (unpaired) electrons. The number of hydrogen-bond donors (Lipinski definition) is 1. The van der Waals surface area contributed by atoms with Gasteiger partial charge in [0.2, 0.25) is 0 Å². The van der Waals surface area contributed by atoms with Gasteiger partial charge in [-0.2, -0.15) is 5.26 Å². The van der Waals surface area contributed by atoms with Gasteiger partial charge < -0.3 is 14.8 Å². The minimum absolute atomic E-state index is 0.0487. The van der Waals surface area contributed by atoms with Crippen LogP contribution < -0.4 is 14.8 Å². The van der Waals surface area contributed by atoms with Gasteiger partial charge in [0.05, 0.1) is 10.2 Å². The van der Waals surface area contributed by atoms with Crippen molar-refractivity contribution in [1.82, 2.24) is 0 Å². The maximum atomic E-state index is 12.7. The third-order valence-corrected chi connectivity index (χ3v) is 6.28. The SMILES string of the molecule is CCOc1cc(/C=C(\C#N)C(=O)Nc2cccc(Cl)c2C)cc(I)c1OCc1ccc(Cl)cc1. The summed E-state index contributed by atoms with van der Waals surface area (Å²) in [5, 5.41) is 13.6. The van der Waals surface area contributed by atoms with Crippen molar-refractivity contribution in [3.05, 3.63) is 90.5 Å². The molecule has 5 nitrogen and oxygen atoms in total. The first-order valence-electron chi connectivity index (χ1n) is 10.3. The fraction of sp³-hybridized carbons (Fsp3) is 0.154. The first kappa shape index (κ1) is 25.9. The van der Waals surface area contributed by atoms with Gasteiger partial charge in [0.25, 0.3) is 5.91 Å². The van der Waals surface area contributed by atoms with Gasteiger partial charge in [-0.3, -0.25) is 4.79 Å². The first-order chi connectivity index (χ1) is 16.3. The highest BCUT2D eigenvalue weighted by molar-refractivity contribution is 14.1. The molecule has 1 amide bonds. The Morgan fingerprint density at radius 2 is 1.88 bits per heavy atom. The normalized spacial score (nSPS) is 11.0. The largest absolute Gasteiger partial charge is 0.490 e. The van der Waals surface area contributed by atoms with Crippen LogP contribution in [-0.4, -0.2) is 12.5 Å². The van der Waals surface area contributed by atoms with Crippen LogP contribution >= 0.6 is 45.8 Å². The Hall–Kier alpha value is -2.73. The van der Waals surface area contributed by atoms with Crippen molar-refractivity contribution in [2.45, 2.75) is 20.5 Å². The molecule has 34 heavy (non-hydrogen) atoms. The first-order valence-corrected chi connectivity index (χ1v) is 12.2. The molecule has 174 valence electrons. The lowest BCUT2D eigenvalue weighted by atomic mass is 10.1. The van der Waals surface area contributed by atoms with E-state index in [9.17, 15) is 10.1 Å². The highest BCUT2D eigenvalue weighted by atomic mass is 127. The van der Waals surface area contributed by atoms with Crippen LogP contribution in [0.3, 0.4) is 0 Å². The Morgan fingerprint density at radius 1 is 1.15 bits per heavy atom. The molecule has 0 heterocycles. The van der Waals surface area contributed by atoms with Gasteiger partial charge in [-0.25, -0.2) is 0 Å². The molecule has 3 aromatic rings. The van der Waals surface area contributed by atoms with Crippen LogP contribution in [0.2, 0.25) is 10.0 Å². The Balaban J connectivity index is 1.86. The van der Waals surface area contributed by atoms with Crippen molar-refractivity contribution in [1.29, 1.82) is 5.26 Å². The Labute approximate surface area is 222 Å². The molecule has 0 saturated heterocycles. The zero-order chi connectivity index (χ0) is 24.7. The Bertz CT molecular complexity index is 1270. The third kappa shape index (κ3) is 6.66. The van der Waals surface area contributed by atoms with Crippen LogP contribution in [0.15, 0.2) is 60.2 Å². The second-order valence-electron chi connectivity index (χ2n) is 7.21. The van der Waals surface area contributed by atoms with Gasteiger partial charge in [-0.1, -0.05) is 41.4 Å². The number of carbonyl (C=O) groups excluding carboxylic acids is 1. The minimum Gasteiger partial charge on any atom is -0.490 e. The molecule has 0 atom stereocenters. The molecule has 0 fully saturated rings. The highest BCUT2D eigenvalue weighted by Gasteiger charge is 2.15. The summed E-state index contributed by atoms with van der Waals surface area (Å²) < 4.78 is 12.6. The molecule has 0 aliphatic carbocycles. The molecule has 3 rings (SSSR count). The van der Waals surface area contributed by atoms with Crippen LogP contribution in [0.1, 0.15) is 23.6 Å². The Kier molecular flexibility index (Phi) is 9.22. The number of rotatable bonds is 8. The number of nitrogens with one attached hydrogen (secondary N) is 1. The average Bonchev–Trinajstić information content (AvgIpc) is 2.81. The molecule has 8 heteroatoms. The number of benzene rings is 3. The van der Waals surface area contributed by atoms with E-state index in [2.05, 4.69) is 27.9 Å². The van der Waals surface area contributed by atoms with Gasteiger partial charge in [-0.05, 0) is 95.6 Å². The lowest BCUT2D eigenvalue weighted by molar-refractivity contribution is -0.112. The molecular formula is C26H21Cl2IN2O3. The predicted octanol–water partition coefficient (Wildman–Crippen LogP) is 7.43. The molecule has 0 bridgehead atoms. The lowest BCUT2D eigenvalue weighted by Gasteiger charge is -2.15. The maximum Gasteiger partial charge on any atom is 0.266 e. The summed E-state index contributed by atoms with van der Waals surface area (Å²) in [6, 6.07) is 18.2. The smallest absolute Gasteiger partial charge is 0.266 e. The number of ether oxygens (including phenoxy) is 2. The summed E-state index contributed by atoms with van der Waals surface area (Å²) in [6.45, 7) is 4.44. The fourth-order valence-corrected chi connectivity index (χ4v) is 4.14. The van der Waals surface area contributed by atoms with Crippen molar-refractivity contribution in [2.24, 2.45) is 0 Å². The standard InChI is InChI=1S/C26H21Cl2IN2O3/c1-3-33-24-13-18(12-22(29)25(24)34-15-17-7-9-20(27)10-8-17)11-19(14-30)26(32)31-23-6-4-5-21(28)16(23)2/h4-13H,3,15H2,1-2H3,(H,31,32)/b19-11+.